The van der Waals surface area contributed by atoms with Gasteiger partial charge in [0.15, 0.2) is 10.2 Å². The molecule has 16 nitrogen and oxygen atoms in total. The SMILES string of the molecule is Cl.NC(=S)NNc1ccc(C(=O)ON2C(=O)CCC2=O)cc1.NC(=S)NNc1ccc(C(=O)ON2C(=O)CCC2=O)cc1. The number of hydrazine groups is 2. The van der Waals surface area contributed by atoms with Crippen LogP contribution in [0.4, 0.5) is 11.4 Å². The van der Waals surface area contributed by atoms with E-state index in [0.29, 0.717) is 21.5 Å². The molecule has 2 saturated heterocycles. The third-order valence-corrected chi connectivity index (χ3v) is 5.47. The summed E-state index contributed by atoms with van der Waals surface area (Å²) < 4.78 is 0. The summed E-state index contributed by atoms with van der Waals surface area (Å²) in [6, 6.07) is 12.2. The molecule has 2 aromatic rings. The Kier molecular flexibility index (Phi) is 12.5. The van der Waals surface area contributed by atoms with Crippen LogP contribution in [0, 0.1) is 0 Å². The smallest absolute Gasteiger partial charge is 0.363 e. The summed E-state index contributed by atoms with van der Waals surface area (Å²) in [5, 5.41) is 1.15. The maximum Gasteiger partial charge on any atom is 0.363 e. The summed E-state index contributed by atoms with van der Waals surface area (Å²) in [5.74, 6) is -3.65. The predicted octanol–water partition coefficient (Wildman–Crippen LogP) is 0.557. The highest BCUT2D eigenvalue weighted by molar-refractivity contribution is 7.80. The largest absolute Gasteiger partial charge is 0.375 e. The molecule has 19 heteroatoms. The molecule has 2 aromatic carbocycles. The Morgan fingerprint density at radius 1 is 0.605 bits per heavy atom. The molecule has 0 unspecified atom stereocenters. The molecule has 0 aliphatic carbocycles. The number of imide groups is 2. The second-order valence-electron chi connectivity index (χ2n) is 8.30. The highest BCUT2D eigenvalue weighted by Gasteiger charge is 2.34. The number of nitrogens with two attached hydrogens (primary N) is 2. The fraction of sp³-hybridized carbons (Fsp3) is 0.167. The van der Waals surface area contributed by atoms with Crippen LogP contribution in [-0.2, 0) is 28.9 Å². The van der Waals surface area contributed by atoms with E-state index in [1.807, 2.05) is 0 Å². The van der Waals surface area contributed by atoms with Gasteiger partial charge in [0, 0.05) is 25.7 Å². The van der Waals surface area contributed by atoms with E-state index in [1.54, 1.807) is 24.3 Å². The molecule has 228 valence electrons. The molecule has 0 saturated carbocycles. The van der Waals surface area contributed by atoms with Crippen molar-refractivity contribution in [2.45, 2.75) is 25.7 Å². The topological polar surface area (TPSA) is 228 Å². The van der Waals surface area contributed by atoms with E-state index in [-0.39, 0.29) is 59.4 Å². The maximum absolute atomic E-state index is 11.8. The van der Waals surface area contributed by atoms with Crippen molar-refractivity contribution in [3.8, 4) is 0 Å². The standard InChI is InChI=1S/2C12H12N4O4S.ClH/c2*13-12(21)15-14-8-3-1-7(2-4-8)11(19)20-16-9(17)5-6-10(16)18;/h2*1-4,14H,5-6H2,(H3,13,15,21);1H. The van der Waals surface area contributed by atoms with Crippen molar-refractivity contribution in [3.05, 3.63) is 59.7 Å². The summed E-state index contributed by atoms with van der Waals surface area (Å²) >= 11 is 9.25. The van der Waals surface area contributed by atoms with Gasteiger partial charge in [-0.3, -0.25) is 40.9 Å². The monoisotopic (exact) mass is 652 g/mol. The number of nitrogens with one attached hydrogen (secondary N) is 4. The molecule has 2 fully saturated rings. The molecule has 0 spiro atoms. The van der Waals surface area contributed by atoms with Gasteiger partial charge in [0.2, 0.25) is 0 Å². The zero-order valence-corrected chi connectivity index (χ0v) is 24.4. The van der Waals surface area contributed by atoms with Gasteiger partial charge in [0.25, 0.3) is 23.6 Å². The Morgan fingerprint density at radius 2 is 0.884 bits per heavy atom. The van der Waals surface area contributed by atoms with Gasteiger partial charge in [-0.2, -0.15) is 0 Å². The lowest BCUT2D eigenvalue weighted by molar-refractivity contribution is -0.173. The van der Waals surface area contributed by atoms with E-state index in [1.165, 1.54) is 24.3 Å². The van der Waals surface area contributed by atoms with Crippen molar-refractivity contribution in [3.63, 3.8) is 0 Å². The predicted molar refractivity (Wildman–Crippen MR) is 160 cm³/mol. The molecule has 4 rings (SSSR count). The Bertz CT molecular complexity index is 1290. The van der Waals surface area contributed by atoms with Crippen LogP contribution in [0.1, 0.15) is 46.4 Å². The van der Waals surface area contributed by atoms with Crippen LogP contribution in [0.3, 0.4) is 0 Å². The van der Waals surface area contributed by atoms with Crippen LogP contribution < -0.4 is 33.2 Å². The van der Waals surface area contributed by atoms with Gasteiger partial charge in [0.1, 0.15) is 0 Å². The van der Waals surface area contributed by atoms with Crippen LogP contribution in [0.15, 0.2) is 48.5 Å². The van der Waals surface area contributed by atoms with E-state index in [9.17, 15) is 28.8 Å². The molecule has 43 heavy (non-hydrogen) atoms. The average molecular weight is 653 g/mol. The van der Waals surface area contributed by atoms with E-state index < -0.39 is 35.6 Å². The van der Waals surface area contributed by atoms with Crippen LogP contribution >= 0.6 is 36.8 Å². The van der Waals surface area contributed by atoms with E-state index in [0.717, 1.165) is 0 Å². The molecular weight excluding hydrogens is 628 g/mol. The fourth-order valence-corrected chi connectivity index (χ4v) is 3.34. The van der Waals surface area contributed by atoms with Crippen molar-refractivity contribution in [2.75, 3.05) is 10.9 Å². The zero-order chi connectivity index (χ0) is 30.8. The summed E-state index contributed by atoms with van der Waals surface area (Å²) in [6.45, 7) is 0. The minimum Gasteiger partial charge on any atom is -0.375 e. The normalized spacial score (nSPS) is 13.7. The first-order valence-electron chi connectivity index (χ1n) is 11.9. The number of amides is 4. The van der Waals surface area contributed by atoms with Gasteiger partial charge in [-0.25, -0.2) is 9.59 Å². The lowest BCUT2D eigenvalue weighted by atomic mass is 10.2. The number of rotatable bonds is 8. The second kappa shape index (κ2) is 15.8. The van der Waals surface area contributed by atoms with Crippen LogP contribution in [0.25, 0.3) is 0 Å². The number of carbonyl (C=O) groups is 6. The van der Waals surface area contributed by atoms with Crippen molar-refractivity contribution in [1.82, 2.24) is 21.0 Å². The number of benzene rings is 2. The number of hydroxylamine groups is 4. The van der Waals surface area contributed by atoms with Gasteiger partial charge >= 0.3 is 11.9 Å². The Labute approximate surface area is 260 Å². The van der Waals surface area contributed by atoms with E-state index >= 15 is 0 Å². The molecule has 2 aliphatic rings. The van der Waals surface area contributed by atoms with Crippen LogP contribution in [0.5, 0.6) is 0 Å². The van der Waals surface area contributed by atoms with Gasteiger partial charge < -0.3 is 21.1 Å². The zero-order valence-electron chi connectivity index (χ0n) is 22.0. The molecule has 0 radical (unpaired) electrons. The quantitative estimate of drug-likeness (QED) is 0.130. The van der Waals surface area contributed by atoms with Gasteiger partial charge in [0.05, 0.1) is 22.5 Å². The second-order valence-corrected chi connectivity index (χ2v) is 9.18. The molecule has 2 aliphatic heterocycles. The minimum atomic E-state index is -0.785. The molecule has 0 bridgehead atoms. The van der Waals surface area contributed by atoms with Gasteiger partial charge in [-0.15, -0.1) is 22.5 Å². The Morgan fingerprint density at radius 3 is 1.14 bits per heavy atom. The number of hydrogen-bond acceptors (Lipinski definition) is 12. The first-order chi connectivity index (χ1) is 19.9. The third-order valence-electron chi connectivity index (χ3n) is 5.26. The average Bonchev–Trinajstić information content (AvgIpc) is 3.46. The van der Waals surface area contributed by atoms with Gasteiger partial charge in [-0.1, -0.05) is 0 Å². The Hall–Kier alpha value is -5.07. The lowest BCUT2D eigenvalue weighted by Crippen LogP contribution is -2.34. The summed E-state index contributed by atoms with van der Waals surface area (Å²) in [7, 11) is 0. The first-order valence-corrected chi connectivity index (χ1v) is 12.8. The number of carbonyl (C=O) groups excluding carboxylic acids is 6. The Balaban J connectivity index is 0.000000293. The number of nitrogens with zero attached hydrogens (tertiary/aromatic N) is 2. The summed E-state index contributed by atoms with van der Waals surface area (Å²) in [5.41, 5.74) is 22.6. The number of anilines is 2. The lowest BCUT2D eigenvalue weighted by Gasteiger charge is -2.13. The molecule has 0 aromatic heterocycles. The third kappa shape index (κ3) is 10.1. The molecule has 4 amide bonds. The van der Waals surface area contributed by atoms with E-state index in [2.05, 4.69) is 46.1 Å². The fourth-order valence-electron chi connectivity index (χ4n) is 3.23. The van der Waals surface area contributed by atoms with Crippen LogP contribution in [0.2, 0.25) is 0 Å². The van der Waals surface area contributed by atoms with Gasteiger partial charge in [-0.05, 0) is 73.0 Å². The molecular formula is C24H25ClN8O8S2. The minimum absolute atomic E-state index is 0. The summed E-state index contributed by atoms with van der Waals surface area (Å²) in [4.78, 5) is 78.6. The number of thiocarbonyl (C=S) groups is 2. The van der Waals surface area contributed by atoms with Crippen molar-refractivity contribution < 1.29 is 38.4 Å². The van der Waals surface area contributed by atoms with Crippen molar-refractivity contribution >= 4 is 94.0 Å². The molecule has 0 atom stereocenters. The van der Waals surface area contributed by atoms with E-state index in [4.69, 9.17) is 21.1 Å². The highest BCUT2D eigenvalue weighted by atomic mass is 35.5. The van der Waals surface area contributed by atoms with Crippen molar-refractivity contribution in [1.29, 1.82) is 0 Å². The van der Waals surface area contributed by atoms with Crippen molar-refractivity contribution in [2.24, 2.45) is 11.5 Å². The number of hydrogen-bond donors (Lipinski definition) is 6. The number of halogens is 1. The highest BCUT2D eigenvalue weighted by Crippen LogP contribution is 2.17. The maximum atomic E-state index is 11.8. The van der Waals surface area contributed by atoms with Crippen LogP contribution in [-0.4, -0.2) is 55.9 Å². The summed E-state index contributed by atoms with van der Waals surface area (Å²) in [6.07, 6.45) is 0.221. The molecule has 8 N–H and O–H groups in total. The molecule has 2 heterocycles. The first kappa shape index (κ1) is 34.1.